The molecule has 2 unspecified atom stereocenters. The lowest BCUT2D eigenvalue weighted by atomic mass is 9.95. The molecule has 1 aliphatic rings. The number of nitrogens with zero attached hydrogens (tertiary/aromatic N) is 3. The number of likely N-dealkylation sites (tertiary alicyclic amines) is 1. The van der Waals surface area contributed by atoms with Crippen molar-refractivity contribution in [2.24, 2.45) is 11.8 Å². The highest BCUT2D eigenvalue weighted by Gasteiger charge is 2.34. The van der Waals surface area contributed by atoms with Crippen molar-refractivity contribution >= 4 is 6.09 Å². The standard InChI is InChI=1S/C14H23N5O2/c1-14(2,3)21-13(20)19-5-4-10(8-19)12(18-15)11-6-16-9-17-7-11/h6-7,9-10,12,18H,4-5,8,15H2,1-3H3. The van der Waals surface area contributed by atoms with Crippen LogP contribution >= 0.6 is 0 Å². The first-order chi connectivity index (χ1) is 9.90. The number of amides is 1. The summed E-state index contributed by atoms with van der Waals surface area (Å²) in [6.07, 6.45) is 5.56. The van der Waals surface area contributed by atoms with Crippen molar-refractivity contribution < 1.29 is 9.53 Å². The average Bonchev–Trinajstić information content (AvgIpc) is 2.89. The van der Waals surface area contributed by atoms with Gasteiger partial charge in [0, 0.05) is 31.0 Å². The second-order valence-electron chi connectivity index (χ2n) is 6.29. The monoisotopic (exact) mass is 293 g/mol. The van der Waals surface area contributed by atoms with Gasteiger partial charge >= 0.3 is 6.09 Å². The molecule has 116 valence electrons. The van der Waals surface area contributed by atoms with Gasteiger partial charge in [0.15, 0.2) is 0 Å². The van der Waals surface area contributed by atoms with Gasteiger partial charge in [-0.2, -0.15) is 0 Å². The molecule has 1 fully saturated rings. The fourth-order valence-corrected chi connectivity index (χ4v) is 2.53. The Labute approximate surface area is 124 Å². The fourth-order valence-electron chi connectivity index (χ4n) is 2.53. The molecule has 1 aliphatic heterocycles. The summed E-state index contributed by atoms with van der Waals surface area (Å²) < 4.78 is 5.40. The molecular weight excluding hydrogens is 270 g/mol. The number of nitrogens with two attached hydrogens (primary N) is 1. The maximum Gasteiger partial charge on any atom is 0.410 e. The number of aromatic nitrogens is 2. The highest BCUT2D eigenvalue weighted by atomic mass is 16.6. The van der Waals surface area contributed by atoms with Gasteiger partial charge in [0.05, 0.1) is 6.04 Å². The van der Waals surface area contributed by atoms with Crippen molar-refractivity contribution in [1.29, 1.82) is 0 Å². The smallest absolute Gasteiger partial charge is 0.410 e. The van der Waals surface area contributed by atoms with Crippen molar-refractivity contribution in [2.75, 3.05) is 13.1 Å². The van der Waals surface area contributed by atoms with Crippen molar-refractivity contribution in [1.82, 2.24) is 20.3 Å². The number of carbonyl (C=O) groups excluding carboxylic acids is 1. The van der Waals surface area contributed by atoms with Crippen LogP contribution in [0.1, 0.15) is 38.8 Å². The minimum Gasteiger partial charge on any atom is -0.444 e. The van der Waals surface area contributed by atoms with E-state index in [0.29, 0.717) is 13.1 Å². The minimum atomic E-state index is -0.478. The van der Waals surface area contributed by atoms with Gasteiger partial charge in [-0.1, -0.05) is 0 Å². The third kappa shape index (κ3) is 4.12. The number of ether oxygens (including phenoxy) is 1. The van der Waals surface area contributed by atoms with E-state index in [1.54, 1.807) is 17.3 Å². The molecule has 0 saturated carbocycles. The van der Waals surface area contributed by atoms with E-state index in [0.717, 1.165) is 12.0 Å². The third-order valence-corrected chi connectivity index (χ3v) is 3.47. The Hall–Kier alpha value is -1.73. The van der Waals surface area contributed by atoms with Crippen LogP contribution in [0.3, 0.4) is 0 Å². The second kappa shape index (κ2) is 6.36. The molecule has 0 bridgehead atoms. The Bertz CT molecular complexity index is 474. The minimum absolute atomic E-state index is 0.0707. The second-order valence-corrected chi connectivity index (χ2v) is 6.29. The van der Waals surface area contributed by atoms with Crippen molar-refractivity contribution in [2.45, 2.75) is 38.8 Å². The van der Waals surface area contributed by atoms with E-state index in [4.69, 9.17) is 10.6 Å². The molecule has 2 heterocycles. The fraction of sp³-hybridized carbons (Fsp3) is 0.643. The Morgan fingerprint density at radius 1 is 1.48 bits per heavy atom. The lowest BCUT2D eigenvalue weighted by Gasteiger charge is -2.26. The maximum atomic E-state index is 12.1. The maximum absolute atomic E-state index is 12.1. The van der Waals surface area contributed by atoms with Gasteiger partial charge < -0.3 is 9.64 Å². The molecule has 1 aromatic rings. The predicted octanol–water partition coefficient (Wildman–Crippen LogP) is 1.24. The predicted molar refractivity (Wildman–Crippen MR) is 78.0 cm³/mol. The molecule has 7 heteroatoms. The molecule has 7 nitrogen and oxygen atoms in total. The van der Waals surface area contributed by atoms with Crippen molar-refractivity contribution in [3.63, 3.8) is 0 Å². The SMILES string of the molecule is CC(C)(C)OC(=O)N1CCC(C(NN)c2cncnc2)C1. The molecule has 1 aromatic heterocycles. The summed E-state index contributed by atoms with van der Waals surface area (Å²) >= 11 is 0. The number of carbonyl (C=O) groups is 1. The molecule has 0 spiro atoms. The molecule has 1 amide bonds. The molecule has 1 saturated heterocycles. The van der Waals surface area contributed by atoms with Gasteiger partial charge in [0.2, 0.25) is 0 Å². The van der Waals surface area contributed by atoms with E-state index in [9.17, 15) is 4.79 Å². The first-order valence-electron chi connectivity index (χ1n) is 7.09. The summed E-state index contributed by atoms with van der Waals surface area (Å²) in [6, 6.07) is -0.0707. The molecule has 0 aliphatic carbocycles. The van der Waals surface area contributed by atoms with Crippen LogP contribution in [0.15, 0.2) is 18.7 Å². The Kier molecular flexibility index (Phi) is 4.74. The molecular formula is C14H23N5O2. The molecule has 2 rings (SSSR count). The van der Waals surface area contributed by atoms with Crippen LogP contribution in [0, 0.1) is 5.92 Å². The first-order valence-corrected chi connectivity index (χ1v) is 7.09. The van der Waals surface area contributed by atoms with Gasteiger partial charge in [0.25, 0.3) is 0 Å². The summed E-state index contributed by atoms with van der Waals surface area (Å²) in [6.45, 7) is 6.88. The Morgan fingerprint density at radius 2 is 2.14 bits per heavy atom. The lowest BCUT2D eigenvalue weighted by molar-refractivity contribution is 0.0285. The van der Waals surface area contributed by atoms with Gasteiger partial charge in [-0.25, -0.2) is 14.8 Å². The van der Waals surface area contributed by atoms with E-state index in [1.165, 1.54) is 6.33 Å². The van der Waals surface area contributed by atoms with Crippen molar-refractivity contribution in [3.8, 4) is 0 Å². The molecule has 21 heavy (non-hydrogen) atoms. The number of hydrazine groups is 1. The molecule has 0 radical (unpaired) electrons. The number of rotatable bonds is 3. The first kappa shape index (κ1) is 15.7. The highest BCUT2D eigenvalue weighted by molar-refractivity contribution is 5.68. The lowest BCUT2D eigenvalue weighted by Crippen LogP contribution is -2.38. The van der Waals surface area contributed by atoms with E-state index in [2.05, 4.69) is 15.4 Å². The van der Waals surface area contributed by atoms with Crippen LogP contribution in [-0.4, -0.2) is 39.7 Å². The summed E-state index contributed by atoms with van der Waals surface area (Å²) in [5, 5.41) is 0. The zero-order chi connectivity index (χ0) is 15.5. The highest BCUT2D eigenvalue weighted by Crippen LogP contribution is 2.29. The van der Waals surface area contributed by atoms with Crippen LogP contribution in [0.4, 0.5) is 4.79 Å². The zero-order valence-electron chi connectivity index (χ0n) is 12.7. The summed E-state index contributed by atoms with van der Waals surface area (Å²) in [5.41, 5.74) is 3.26. The number of hydrogen-bond acceptors (Lipinski definition) is 6. The molecule has 2 atom stereocenters. The van der Waals surface area contributed by atoms with Crippen molar-refractivity contribution in [3.05, 3.63) is 24.3 Å². The van der Waals surface area contributed by atoms with Gasteiger partial charge in [-0.3, -0.25) is 11.3 Å². The summed E-state index contributed by atoms with van der Waals surface area (Å²) in [4.78, 5) is 21.8. The number of nitrogens with one attached hydrogen (secondary N) is 1. The quantitative estimate of drug-likeness (QED) is 0.643. The van der Waals surface area contributed by atoms with Crippen LogP contribution < -0.4 is 11.3 Å². The largest absolute Gasteiger partial charge is 0.444 e. The topological polar surface area (TPSA) is 93.4 Å². The van der Waals surface area contributed by atoms with E-state index < -0.39 is 5.60 Å². The average molecular weight is 293 g/mol. The van der Waals surface area contributed by atoms with Gasteiger partial charge in [0.1, 0.15) is 11.9 Å². The Morgan fingerprint density at radius 3 is 2.71 bits per heavy atom. The summed E-state index contributed by atoms with van der Waals surface area (Å²) in [7, 11) is 0. The van der Waals surface area contributed by atoms with Gasteiger partial charge in [-0.05, 0) is 33.1 Å². The zero-order valence-corrected chi connectivity index (χ0v) is 12.7. The molecule has 0 aromatic carbocycles. The van der Waals surface area contributed by atoms with E-state index in [1.807, 2.05) is 20.8 Å². The van der Waals surface area contributed by atoms with Crippen LogP contribution in [0.2, 0.25) is 0 Å². The van der Waals surface area contributed by atoms with Crippen LogP contribution in [0.5, 0.6) is 0 Å². The van der Waals surface area contributed by atoms with Crippen LogP contribution in [-0.2, 0) is 4.74 Å². The summed E-state index contributed by atoms with van der Waals surface area (Å²) in [5.74, 6) is 5.88. The number of hydrogen-bond donors (Lipinski definition) is 2. The normalized spacial score (nSPS) is 20.4. The van der Waals surface area contributed by atoms with E-state index >= 15 is 0 Å². The van der Waals surface area contributed by atoms with Crippen LogP contribution in [0.25, 0.3) is 0 Å². The van der Waals surface area contributed by atoms with E-state index in [-0.39, 0.29) is 18.1 Å². The third-order valence-electron chi connectivity index (χ3n) is 3.47. The Balaban J connectivity index is 1.99. The molecule has 3 N–H and O–H groups in total. The van der Waals surface area contributed by atoms with Gasteiger partial charge in [-0.15, -0.1) is 0 Å².